The summed E-state index contributed by atoms with van der Waals surface area (Å²) >= 11 is 0. The third-order valence-corrected chi connectivity index (χ3v) is 3.12. The summed E-state index contributed by atoms with van der Waals surface area (Å²) in [5.74, 6) is 0.186. The first-order valence-electron chi connectivity index (χ1n) is 6.93. The highest BCUT2D eigenvalue weighted by atomic mass is 16.2. The van der Waals surface area contributed by atoms with Crippen LogP contribution in [0.3, 0.4) is 0 Å². The normalized spacial score (nSPS) is 18.1. The standard InChI is InChI=1S/C12H21N7O2/c1-18(2)12(21)16-10-7-14-19(17-10)8-11(20)15-9-4-3-5-13-6-9/h7,9,13H,3-6,8H2,1-2H3,(H,15,20)(H,16,17,21). The lowest BCUT2D eigenvalue weighted by Gasteiger charge is -2.23. The van der Waals surface area contributed by atoms with Crippen molar-refractivity contribution in [1.29, 1.82) is 0 Å². The number of carbonyl (C=O) groups is 2. The second-order valence-corrected chi connectivity index (χ2v) is 5.20. The zero-order valence-corrected chi connectivity index (χ0v) is 12.3. The van der Waals surface area contributed by atoms with Crippen LogP contribution < -0.4 is 16.0 Å². The third kappa shape index (κ3) is 4.71. The van der Waals surface area contributed by atoms with Gasteiger partial charge in [-0.1, -0.05) is 0 Å². The van der Waals surface area contributed by atoms with Gasteiger partial charge in [0.25, 0.3) is 0 Å². The van der Waals surface area contributed by atoms with Gasteiger partial charge in [-0.25, -0.2) is 4.79 Å². The van der Waals surface area contributed by atoms with E-state index in [-0.39, 0.29) is 24.5 Å². The summed E-state index contributed by atoms with van der Waals surface area (Å²) in [6.07, 6.45) is 3.46. The van der Waals surface area contributed by atoms with E-state index in [2.05, 4.69) is 26.1 Å². The molecule has 0 saturated carbocycles. The fourth-order valence-electron chi connectivity index (χ4n) is 2.03. The number of piperidine rings is 1. The van der Waals surface area contributed by atoms with Crippen LogP contribution in [-0.2, 0) is 11.3 Å². The maximum atomic E-state index is 11.9. The van der Waals surface area contributed by atoms with Crippen molar-refractivity contribution >= 4 is 17.8 Å². The van der Waals surface area contributed by atoms with Gasteiger partial charge < -0.3 is 15.5 Å². The van der Waals surface area contributed by atoms with E-state index in [1.165, 1.54) is 15.9 Å². The SMILES string of the molecule is CN(C)C(=O)Nc1cnn(CC(=O)NC2CCCNC2)n1. The Kier molecular flexibility index (Phi) is 5.09. The molecule has 1 aromatic rings. The Morgan fingerprint density at radius 2 is 2.33 bits per heavy atom. The van der Waals surface area contributed by atoms with Gasteiger partial charge in [0.1, 0.15) is 6.54 Å². The highest BCUT2D eigenvalue weighted by Crippen LogP contribution is 2.02. The average Bonchev–Trinajstić information content (AvgIpc) is 2.86. The highest BCUT2D eigenvalue weighted by molar-refractivity contribution is 5.87. The first-order chi connectivity index (χ1) is 10.0. The van der Waals surface area contributed by atoms with Crippen molar-refractivity contribution in [2.24, 2.45) is 0 Å². The molecule has 1 fully saturated rings. The zero-order chi connectivity index (χ0) is 15.2. The predicted molar refractivity (Wildman–Crippen MR) is 76.8 cm³/mol. The fraction of sp³-hybridized carbons (Fsp3) is 0.667. The second-order valence-electron chi connectivity index (χ2n) is 5.20. The smallest absolute Gasteiger partial charge is 0.322 e. The Balaban J connectivity index is 1.81. The van der Waals surface area contributed by atoms with Crippen LogP contribution in [0.2, 0.25) is 0 Å². The van der Waals surface area contributed by atoms with Crippen LogP contribution >= 0.6 is 0 Å². The molecule has 1 unspecified atom stereocenters. The van der Waals surface area contributed by atoms with Crippen molar-refractivity contribution in [3.05, 3.63) is 6.20 Å². The van der Waals surface area contributed by atoms with Gasteiger partial charge in [0.2, 0.25) is 5.91 Å². The molecule has 2 rings (SSSR count). The maximum Gasteiger partial charge on any atom is 0.322 e. The van der Waals surface area contributed by atoms with Crippen LogP contribution in [0, 0.1) is 0 Å². The molecule has 1 atom stereocenters. The first-order valence-corrected chi connectivity index (χ1v) is 6.93. The molecule has 0 radical (unpaired) electrons. The van der Waals surface area contributed by atoms with Crippen molar-refractivity contribution in [2.45, 2.75) is 25.4 Å². The van der Waals surface area contributed by atoms with Gasteiger partial charge in [-0.15, -0.1) is 5.10 Å². The number of hydrogen-bond acceptors (Lipinski definition) is 5. The number of anilines is 1. The van der Waals surface area contributed by atoms with Gasteiger partial charge >= 0.3 is 6.03 Å². The van der Waals surface area contributed by atoms with Gasteiger partial charge in [-0.3, -0.25) is 10.1 Å². The summed E-state index contributed by atoms with van der Waals surface area (Å²) in [6, 6.07) is -0.130. The Bertz CT molecular complexity index is 494. The Morgan fingerprint density at radius 3 is 3.00 bits per heavy atom. The van der Waals surface area contributed by atoms with E-state index in [1.54, 1.807) is 14.1 Å². The summed E-state index contributed by atoms with van der Waals surface area (Å²) in [5.41, 5.74) is 0. The molecule has 3 amide bonds. The molecule has 9 heteroatoms. The zero-order valence-electron chi connectivity index (χ0n) is 12.3. The molecule has 1 saturated heterocycles. The molecule has 0 bridgehead atoms. The third-order valence-electron chi connectivity index (χ3n) is 3.12. The molecule has 1 aliphatic rings. The van der Waals surface area contributed by atoms with Crippen LogP contribution in [0.4, 0.5) is 10.6 Å². The van der Waals surface area contributed by atoms with Gasteiger partial charge in [0.05, 0.1) is 6.20 Å². The highest BCUT2D eigenvalue weighted by Gasteiger charge is 2.16. The lowest BCUT2D eigenvalue weighted by atomic mass is 10.1. The minimum absolute atomic E-state index is 0.0360. The van der Waals surface area contributed by atoms with Crippen LogP contribution in [0.5, 0.6) is 0 Å². The molecule has 1 aliphatic heterocycles. The molecule has 0 spiro atoms. The number of hydrogen-bond donors (Lipinski definition) is 3. The molecule has 116 valence electrons. The molecule has 1 aromatic heterocycles. The van der Waals surface area contributed by atoms with E-state index in [4.69, 9.17) is 0 Å². The van der Waals surface area contributed by atoms with E-state index in [0.717, 1.165) is 25.9 Å². The summed E-state index contributed by atoms with van der Waals surface area (Å²) in [5, 5.41) is 16.7. The lowest BCUT2D eigenvalue weighted by Crippen LogP contribution is -2.46. The number of aromatic nitrogens is 3. The summed E-state index contributed by atoms with van der Waals surface area (Å²) in [7, 11) is 3.26. The summed E-state index contributed by atoms with van der Waals surface area (Å²) < 4.78 is 0. The van der Waals surface area contributed by atoms with Crippen LogP contribution in [0.15, 0.2) is 6.20 Å². The number of amides is 3. The van der Waals surface area contributed by atoms with E-state index >= 15 is 0 Å². The number of rotatable bonds is 4. The van der Waals surface area contributed by atoms with Crippen molar-refractivity contribution in [2.75, 3.05) is 32.5 Å². The summed E-state index contributed by atoms with van der Waals surface area (Å²) in [4.78, 5) is 26.0. The number of carbonyl (C=O) groups excluding carboxylic acids is 2. The minimum atomic E-state index is -0.292. The number of nitrogens with one attached hydrogen (secondary N) is 3. The van der Waals surface area contributed by atoms with E-state index in [0.29, 0.717) is 5.82 Å². The van der Waals surface area contributed by atoms with Gasteiger partial charge in [0, 0.05) is 26.7 Å². The molecule has 0 aliphatic carbocycles. The molecule has 3 N–H and O–H groups in total. The van der Waals surface area contributed by atoms with Crippen LogP contribution in [0.1, 0.15) is 12.8 Å². The fourth-order valence-corrected chi connectivity index (χ4v) is 2.03. The molecule has 9 nitrogen and oxygen atoms in total. The largest absolute Gasteiger partial charge is 0.350 e. The molecule has 0 aromatic carbocycles. The molecular weight excluding hydrogens is 274 g/mol. The first kappa shape index (κ1) is 15.2. The quantitative estimate of drug-likeness (QED) is 0.677. The Hall–Kier alpha value is -2.16. The van der Waals surface area contributed by atoms with Crippen molar-refractivity contribution in [3.8, 4) is 0 Å². The molecular formula is C12H21N7O2. The number of nitrogens with zero attached hydrogens (tertiary/aromatic N) is 4. The Labute approximate surface area is 123 Å². The van der Waals surface area contributed by atoms with Crippen molar-refractivity contribution < 1.29 is 9.59 Å². The minimum Gasteiger partial charge on any atom is -0.350 e. The predicted octanol–water partition coefficient (Wildman–Crippen LogP) is -0.760. The topological polar surface area (TPSA) is 104 Å². The van der Waals surface area contributed by atoms with Crippen LogP contribution in [0.25, 0.3) is 0 Å². The number of urea groups is 1. The summed E-state index contributed by atoms with van der Waals surface area (Å²) in [6.45, 7) is 1.83. The van der Waals surface area contributed by atoms with Gasteiger partial charge in [-0.2, -0.15) is 9.90 Å². The van der Waals surface area contributed by atoms with Crippen molar-refractivity contribution in [3.63, 3.8) is 0 Å². The van der Waals surface area contributed by atoms with Crippen LogP contribution in [-0.4, -0.2) is 65.1 Å². The molecule has 2 heterocycles. The second kappa shape index (κ2) is 7.02. The monoisotopic (exact) mass is 295 g/mol. The van der Waals surface area contributed by atoms with Gasteiger partial charge in [0.15, 0.2) is 5.82 Å². The van der Waals surface area contributed by atoms with E-state index in [9.17, 15) is 9.59 Å². The maximum absolute atomic E-state index is 11.9. The van der Waals surface area contributed by atoms with Gasteiger partial charge in [-0.05, 0) is 19.4 Å². The molecule has 21 heavy (non-hydrogen) atoms. The Morgan fingerprint density at radius 1 is 1.52 bits per heavy atom. The van der Waals surface area contributed by atoms with E-state index < -0.39 is 0 Å². The average molecular weight is 295 g/mol. The van der Waals surface area contributed by atoms with Crippen molar-refractivity contribution in [1.82, 2.24) is 30.5 Å². The van der Waals surface area contributed by atoms with E-state index in [1.807, 2.05) is 0 Å². The lowest BCUT2D eigenvalue weighted by molar-refractivity contribution is -0.122.